The lowest BCUT2D eigenvalue weighted by Gasteiger charge is -2.19. The molecule has 3 aromatic rings. The molecule has 0 saturated heterocycles. The number of ether oxygens (including phenoxy) is 2. The number of carbonyl (C=O) groups excluding carboxylic acids is 2. The molecule has 0 spiro atoms. The lowest BCUT2D eigenvalue weighted by Crippen LogP contribution is -2.33. The highest BCUT2D eigenvalue weighted by atomic mass is 79.9. The molecule has 9 nitrogen and oxygen atoms in total. The van der Waals surface area contributed by atoms with Gasteiger partial charge in [0, 0.05) is 40.8 Å². The van der Waals surface area contributed by atoms with Crippen LogP contribution in [0.4, 0.5) is 17.2 Å². The lowest BCUT2D eigenvalue weighted by molar-refractivity contribution is -0.144. The van der Waals surface area contributed by atoms with Crippen molar-refractivity contribution < 1.29 is 19.1 Å². The van der Waals surface area contributed by atoms with Gasteiger partial charge in [0.15, 0.2) is 0 Å². The molecule has 1 aromatic heterocycles. The molecule has 2 N–H and O–H groups in total. The highest BCUT2D eigenvalue weighted by molar-refractivity contribution is 9.10. The van der Waals surface area contributed by atoms with Crippen molar-refractivity contribution >= 4 is 55.9 Å². The molecular formula is C27H30BrN5O4. The van der Waals surface area contributed by atoms with Crippen LogP contribution in [0.5, 0.6) is 5.75 Å². The summed E-state index contributed by atoms with van der Waals surface area (Å²) < 4.78 is 11.5. The van der Waals surface area contributed by atoms with E-state index in [1.165, 1.54) is 25.2 Å². The second kappa shape index (κ2) is 12.6. The molecule has 0 bridgehead atoms. The van der Waals surface area contributed by atoms with Gasteiger partial charge in [-0.1, -0.05) is 28.1 Å². The molecule has 2 aromatic carbocycles. The molecule has 1 fully saturated rings. The first-order chi connectivity index (χ1) is 17.9. The standard InChI is InChI=1S/C27H30BrN5O4/c1-3-37-26(35)16-33(15-18-9-10-18)11-5-8-25(34)32-23-13-21-22(14-24(23)36-2)29-17-30-27(21)31-20-7-4-6-19(28)12-20/h4-8,12-14,17-18H,3,9-11,15-16H2,1-2H3,(H,32,34)(H,29,30,31). The number of esters is 1. The number of hydrogen-bond donors (Lipinski definition) is 2. The number of methoxy groups -OCH3 is 1. The molecule has 0 aliphatic heterocycles. The van der Waals surface area contributed by atoms with Crippen LogP contribution in [-0.2, 0) is 14.3 Å². The number of aromatic nitrogens is 2. The number of halogens is 1. The van der Waals surface area contributed by atoms with E-state index in [4.69, 9.17) is 9.47 Å². The molecule has 1 heterocycles. The molecular weight excluding hydrogens is 538 g/mol. The van der Waals surface area contributed by atoms with Gasteiger partial charge in [0.2, 0.25) is 5.91 Å². The van der Waals surface area contributed by atoms with E-state index in [1.807, 2.05) is 29.2 Å². The highest BCUT2D eigenvalue weighted by Crippen LogP contribution is 2.33. The minimum Gasteiger partial charge on any atom is -0.494 e. The second-order valence-electron chi connectivity index (χ2n) is 8.76. The molecule has 1 aliphatic carbocycles. The molecule has 0 radical (unpaired) electrons. The van der Waals surface area contributed by atoms with Crippen molar-refractivity contribution in [3.8, 4) is 5.75 Å². The maximum absolute atomic E-state index is 12.8. The normalized spacial score (nSPS) is 13.2. The maximum atomic E-state index is 12.8. The van der Waals surface area contributed by atoms with Crippen molar-refractivity contribution in [2.45, 2.75) is 19.8 Å². The quantitative estimate of drug-likeness (QED) is 0.235. The summed E-state index contributed by atoms with van der Waals surface area (Å²) in [5, 5.41) is 6.92. The van der Waals surface area contributed by atoms with Crippen molar-refractivity contribution in [1.29, 1.82) is 0 Å². The van der Waals surface area contributed by atoms with Gasteiger partial charge >= 0.3 is 5.97 Å². The van der Waals surface area contributed by atoms with E-state index in [0.29, 0.717) is 41.8 Å². The zero-order valence-corrected chi connectivity index (χ0v) is 22.5. The third-order valence-electron chi connectivity index (χ3n) is 5.81. The van der Waals surface area contributed by atoms with Crippen LogP contribution in [0.15, 0.2) is 59.4 Å². The number of nitrogens with zero attached hydrogens (tertiary/aromatic N) is 3. The van der Waals surface area contributed by atoms with E-state index < -0.39 is 0 Å². The zero-order valence-electron chi connectivity index (χ0n) is 20.9. The van der Waals surface area contributed by atoms with E-state index in [0.717, 1.165) is 22.1 Å². The van der Waals surface area contributed by atoms with Crippen LogP contribution in [0.25, 0.3) is 10.9 Å². The number of amides is 1. The average molecular weight is 568 g/mol. The number of fused-ring (bicyclic) bond motifs is 1. The average Bonchev–Trinajstić information content (AvgIpc) is 3.68. The monoisotopic (exact) mass is 567 g/mol. The van der Waals surface area contributed by atoms with Crippen molar-refractivity contribution in [2.24, 2.45) is 5.92 Å². The molecule has 194 valence electrons. The first kappa shape index (κ1) is 26.6. The summed E-state index contributed by atoms with van der Waals surface area (Å²) in [5.74, 6) is 1.14. The summed E-state index contributed by atoms with van der Waals surface area (Å²) in [6.07, 6.45) is 7.05. The molecule has 37 heavy (non-hydrogen) atoms. The van der Waals surface area contributed by atoms with Crippen LogP contribution in [0.2, 0.25) is 0 Å². The number of nitrogens with one attached hydrogen (secondary N) is 2. The Morgan fingerprint density at radius 3 is 2.78 bits per heavy atom. The molecule has 1 aliphatic rings. The third kappa shape index (κ3) is 7.74. The van der Waals surface area contributed by atoms with Crippen molar-refractivity contribution in [2.75, 3.05) is 44.0 Å². The Labute approximate surface area is 224 Å². The number of anilines is 3. The predicted octanol–water partition coefficient (Wildman–Crippen LogP) is 4.91. The van der Waals surface area contributed by atoms with Gasteiger partial charge in [-0.05, 0) is 49.9 Å². The fraction of sp³-hybridized carbons (Fsp3) is 0.333. The Bertz CT molecular complexity index is 1300. The largest absolute Gasteiger partial charge is 0.494 e. The highest BCUT2D eigenvalue weighted by Gasteiger charge is 2.25. The Balaban J connectivity index is 1.47. The van der Waals surface area contributed by atoms with Crippen LogP contribution >= 0.6 is 15.9 Å². The van der Waals surface area contributed by atoms with Crippen LogP contribution in [0.3, 0.4) is 0 Å². The summed E-state index contributed by atoms with van der Waals surface area (Å²) in [4.78, 5) is 35.4. The molecule has 0 atom stereocenters. The van der Waals surface area contributed by atoms with Gasteiger partial charge < -0.3 is 20.1 Å². The van der Waals surface area contributed by atoms with Crippen LogP contribution in [0.1, 0.15) is 19.8 Å². The summed E-state index contributed by atoms with van der Waals surface area (Å²) in [7, 11) is 1.54. The van der Waals surface area contributed by atoms with Crippen molar-refractivity contribution in [1.82, 2.24) is 14.9 Å². The number of benzene rings is 2. The van der Waals surface area contributed by atoms with Gasteiger partial charge in [-0.3, -0.25) is 14.5 Å². The number of rotatable bonds is 12. The van der Waals surface area contributed by atoms with Gasteiger partial charge in [-0.15, -0.1) is 0 Å². The van der Waals surface area contributed by atoms with Crippen molar-refractivity contribution in [3.05, 3.63) is 59.4 Å². The maximum Gasteiger partial charge on any atom is 0.320 e. The Hall–Kier alpha value is -3.50. The van der Waals surface area contributed by atoms with Crippen LogP contribution in [0, 0.1) is 5.92 Å². The minimum atomic E-state index is -0.307. The molecule has 0 unspecified atom stereocenters. The Morgan fingerprint density at radius 2 is 2.05 bits per heavy atom. The van der Waals surface area contributed by atoms with Crippen molar-refractivity contribution in [3.63, 3.8) is 0 Å². The minimum absolute atomic E-state index is 0.211. The van der Waals surface area contributed by atoms with Gasteiger partial charge in [0.25, 0.3) is 0 Å². The van der Waals surface area contributed by atoms with Crippen LogP contribution < -0.4 is 15.4 Å². The topological polar surface area (TPSA) is 106 Å². The number of carbonyl (C=O) groups is 2. The van der Waals surface area contributed by atoms with Gasteiger partial charge in [0.1, 0.15) is 17.9 Å². The first-order valence-corrected chi connectivity index (χ1v) is 12.9. The summed E-state index contributed by atoms with van der Waals surface area (Å²) in [6, 6.07) is 11.3. The fourth-order valence-corrected chi connectivity index (χ4v) is 4.29. The zero-order chi connectivity index (χ0) is 26.2. The number of hydrogen-bond acceptors (Lipinski definition) is 8. The molecule has 1 amide bonds. The Kier molecular flexibility index (Phi) is 9.08. The first-order valence-electron chi connectivity index (χ1n) is 12.2. The van der Waals surface area contributed by atoms with E-state index in [-0.39, 0.29) is 18.4 Å². The molecule has 1 saturated carbocycles. The second-order valence-corrected chi connectivity index (χ2v) is 9.68. The van der Waals surface area contributed by atoms with E-state index in [9.17, 15) is 9.59 Å². The molecule has 4 rings (SSSR count). The van der Waals surface area contributed by atoms with Crippen LogP contribution in [-0.4, -0.2) is 60.1 Å². The lowest BCUT2D eigenvalue weighted by atomic mass is 10.2. The van der Waals surface area contributed by atoms with Gasteiger partial charge in [-0.25, -0.2) is 9.97 Å². The smallest absolute Gasteiger partial charge is 0.320 e. The Morgan fingerprint density at radius 1 is 1.22 bits per heavy atom. The predicted molar refractivity (Wildman–Crippen MR) is 147 cm³/mol. The SMILES string of the molecule is CCOC(=O)CN(CC=CC(=O)Nc1cc2c(Nc3cccc(Br)c3)ncnc2cc1OC)CC1CC1. The van der Waals surface area contributed by atoms with E-state index >= 15 is 0 Å². The van der Waals surface area contributed by atoms with Gasteiger partial charge in [0.05, 0.1) is 31.5 Å². The van der Waals surface area contributed by atoms with E-state index in [2.05, 4.69) is 36.5 Å². The summed E-state index contributed by atoms with van der Waals surface area (Å²) >= 11 is 3.48. The third-order valence-corrected chi connectivity index (χ3v) is 6.30. The summed E-state index contributed by atoms with van der Waals surface area (Å²) in [5.41, 5.74) is 2.03. The molecule has 10 heteroatoms. The van der Waals surface area contributed by atoms with E-state index in [1.54, 1.807) is 32.2 Å². The fourth-order valence-electron chi connectivity index (χ4n) is 3.89. The van der Waals surface area contributed by atoms with Gasteiger partial charge in [-0.2, -0.15) is 0 Å². The summed E-state index contributed by atoms with van der Waals surface area (Å²) in [6.45, 7) is 3.65.